The fraction of sp³-hybridized carbons (Fsp3) is 0.611. The summed E-state index contributed by atoms with van der Waals surface area (Å²) in [4.78, 5) is 11.9. The summed E-state index contributed by atoms with van der Waals surface area (Å²) >= 11 is 3.56. The van der Waals surface area contributed by atoms with Crippen LogP contribution in [0.3, 0.4) is 0 Å². The van der Waals surface area contributed by atoms with E-state index in [1.54, 1.807) is 47.8 Å². The normalized spacial score (nSPS) is 14.2. The Morgan fingerprint density at radius 1 is 1.00 bits per heavy atom. The molecule has 6 heteroatoms. The predicted octanol–water partition coefficient (Wildman–Crippen LogP) is 3.56. The molecule has 4 nitrogen and oxygen atoms in total. The number of thioether (sulfide) groups is 2. The van der Waals surface area contributed by atoms with Crippen molar-refractivity contribution < 1.29 is 19.7 Å². The number of carbonyl (C=O) groups excluding carboxylic acids is 1. The first-order valence-corrected chi connectivity index (χ1v) is 10.1. The molecule has 0 unspecified atom stereocenters. The van der Waals surface area contributed by atoms with Crippen molar-refractivity contribution in [1.82, 2.24) is 0 Å². The molecule has 0 spiro atoms. The lowest BCUT2D eigenvalue weighted by Gasteiger charge is -2.25. The Kier molecular flexibility index (Phi) is 9.81. The maximum atomic E-state index is 11.9. The molecule has 0 aliphatic carbocycles. The van der Waals surface area contributed by atoms with Crippen molar-refractivity contribution >= 4 is 29.5 Å². The topological polar surface area (TPSA) is 66.8 Å². The Bertz CT molecular complexity index is 469. The molecule has 1 aromatic carbocycles. The smallest absolute Gasteiger partial charge is 0.338 e. The van der Waals surface area contributed by atoms with Gasteiger partial charge in [-0.25, -0.2) is 4.79 Å². The van der Waals surface area contributed by atoms with Crippen LogP contribution in [0.4, 0.5) is 0 Å². The van der Waals surface area contributed by atoms with Gasteiger partial charge in [-0.15, -0.1) is 23.5 Å². The molecule has 0 aliphatic heterocycles. The Balaban J connectivity index is 2.47. The van der Waals surface area contributed by atoms with E-state index in [1.807, 2.05) is 6.07 Å². The van der Waals surface area contributed by atoms with Crippen LogP contribution in [-0.2, 0) is 4.74 Å². The minimum atomic E-state index is -1.08. The molecule has 0 fully saturated rings. The van der Waals surface area contributed by atoms with Gasteiger partial charge in [-0.05, 0) is 18.6 Å². The van der Waals surface area contributed by atoms with E-state index in [1.165, 1.54) is 0 Å². The van der Waals surface area contributed by atoms with E-state index in [0.717, 1.165) is 0 Å². The zero-order valence-electron chi connectivity index (χ0n) is 14.7. The predicted molar refractivity (Wildman–Crippen MR) is 103 cm³/mol. The molecule has 0 saturated carbocycles. The highest BCUT2D eigenvalue weighted by molar-refractivity contribution is 8.17. The lowest BCUT2D eigenvalue weighted by molar-refractivity contribution is -0.0283. The van der Waals surface area contributed by atoms with Gasteiger partial charge < -0.3 is 14.9 Å². The van der Waals surface area contributed by atoms with Gasteiger partial charge in [0.2, 0.25) is 0 Å². The fourth-order valence-electron chi connectivity index (χ4n) is 2.03. The molecule has 24 heavy (non-hydrogen) atoms. The summed E-state index contributed by atoms with van der Waals surface area (Å²) < 4.78 is 5.29. The van der Waals surface area contributed by atoms with Crippen molar-refractivity contribution in [3.8, 4) is 0 Å². The van der Waals surface area contributed by atoms with Gasteiger partial charge in [-0.1, -0.05) is 45.9 Å². The summed E-state index contributed by atoms with van der Waals surface area (Å²) in [5.41, 5.74) is 0.433. The zero-order valence-corrected chi connectivity index (χ0v) is 16.3. The van der Waals surface area contributed by atoms with E-state index < -0.39 is 18.2 Å². The van der Waals surface area contributed by atoms with Crippen LogP contribution < -0.4 is 0 Å². The monoisotopic (exact) mass is 372 g/mol. The van der Waals surface area contributed by atoms with Crippen molar-refractivity contribution in [2.45, 2.75) is 61.4 Å². The molecule has 0 aliphatic rings. The Morgan fingerprint density at radius 2 is 1.54 bits per heavy atom. The molecule has 2 atom stereocenters. The minimum Gasteiger partial charge on any atom is -0.459 e. The lowest BCUT2D eigenvalue weighted by Crippen LogP contribution is -2.33. The van der Waals surface area contributed by atoms with Crippen LogP contribution in [0.5, 0.6) is 0 Å². The molecule has 136 valence electrons. The molecular weight excluding hydrogens is 344 g/mol. The maximum Gasteiger partial charge on any atom is 0.338 e. The van der Waals surface area contributed by atoms with Crippen LogP contribution in [0.2, 0.25) is 0 Å². The zero-order chi connectivity index (χ0) is 18.1. The van der Waals surface area contributed by atoms with Gasteiger partial charge >= 0.3 is 5.97 Å². The van der Waals surface area contributed by atoms with E-state index in [2.05, 4.69) is 27.7 Å². The van der Waals surface area contributed by atoms with Gasteiger partial charge in [0.15, 0.2) is 0 Å². The van der Waals surface area contributed by atoms with Crippen LogP contribution in [0.1, 0.15) is 44.5 Å². The molecule has 0 bridgehead atoms. The van der Waals surface area contributed by atoms with Crippen LogP contribution in [0.25, 0.3) is 0 Å². The first-order chi connectivity index (χ1) is 11.3. The van der Waals surface area contributed by atoms with Gasteiger partial charge in [0.25, 0.3) is 0 Å². The fourth-order valence-corrected chi connectivity index (χ4v) is 5.46. The maximum absolute atomic E-state index is 11.9. The number of rotatable bonds is 10. The number of aliphatic hydroxyl groups is 2. The summed E-state index contributed by atoms with van der Waals surface area (Å²) in [5.74, 6) is -0.494. The van der Waals surface area contributed by atoms with E-state index in [9.17, 15) is 15.0 Å². The average molecular weight is 373 g/mol. The second kappa shape index (κ2) is 11.0. The summed E-state index contributed by atoms with van der Waals surface area (Å²) in [6, 6.07) is 8.62. The summed E-state index contributed by atoms with van der Waals surface area (Å²) in [6.07, 6.45) is -1.55. The minimum absolute atomic E-state index is 0.194. The molecule has 0 aromatic heterocycles. The van der Waals surface area contributed by atoms with Crippen molar-refractivity contribution in [3.63, 3.8) is 0 Å². The third-order valence-corrected chi connectivity index (χ3v) is 5.87. The van der Waals surface area contributed by atoms with Gasteiger partial charge in [-0.3, -0.25) is 0 Å². The third-order valence-electron chi connectivity index (χ3n) is 3.12. The molecule has 1 aromatic rings. The first-order valence-electron chi connectivity index (χ1n) is 8.18. The van der Waals surface area contributed by atoms with E-state index in [4.69, 9.17) is 4.74 Å². The van der Waals surface area contributed by atoms with Gasteiger partial charge in [0.1, 0.15) is 12.7 Å². The van der Waals surface area contributed by atoms with Gasteiger partial charge in [-0.2, -0.15) is 0 Å². The molecule has 0 amide bonds. The van der Waals surface area contributed by atoms with Crippen molar-refractivity contribution in [3.05, 3.63) is 35.9 Å². The number of hydrogen-bond acceptors (Lipinski definition) is 6. The Labute approximate surface area is 153 Å². The highest BCUT2D eigenvalue weighted by Gasteiger charge is 2.24. The number of carbonyl (C=O) groups is 1. The van der Waals surface area contributed by atoms with Crippen molar-refractivity contribution in [1.29, 1.82) is 0 Å². The van der Waals surface area contributed by atoms with Crippen LogP contribution in [0, 0.1) is 0 Å². The number of aliphatic hydroxyl groups excluding tert-OH is 2. The Hall–Kier alpha value is -0.690. The highest BCUT2D eigenvalue weighted by atomic mass is 32.2. The van der Waals surface area contributed by atoms with Crippen LogP contribution in [0.15, 0.2) is 30.3 Å². The first kappa shape index (κ1) is 21.4. The summed E-state index contributed by atoms with van der Waals surface area (Å²) in [6.45, 7) is 8.25. The number of ether oxygens (including phenoxy) is 1. The SMILES string of the molecule is CC(C)SC(C[C@H](O)[C@H](O)COC(=O)c1ccccc1)SC(C)C. The largest absolute Gasteiger partial charge is 0.459 e. The van der Waals surface area contributed by atoms with E-state index in [0.29, 0.717) is 22.5 Å². The van der Waals surface area contributed by atoms with E-state index >= 15 is 0 Å². The molecule has 0 saturated heterocycles. The van der Waals surface area contributed by atoms with Crippen molar-refractivity contribution in [2.75, 3.05) is 6.61 Å². The summed E-state index contributed by atoms with van der Waals surface area (Å²) in [7, 11) is 0. The number of benzene rings is 1. The molecule has 1 rings (SSSR count). The van der Waals surface area contributed by atoms with Crippen LogP contribution in [-0.4, -0.2) is 50.1 Å². The summed E-state index contributed by atoms with van der Waals surface area (Å²) in [5, 5.41) is 21.2. The highest BCUT2D eigenvalue weighted by Crippen LogP contribution is 2.34. The standard InChI is InChI=1S/C18H28O4S2/c1-12(2)23-17(24-13(3)4)10-15(19)16(20)11-22-18(21)14-8-6-5-7-9-14/h5-9,12-13,15-17,19-20H,10-11H2,1-4H3/t15-,16+/m0/s1. The average Bonchev–Trinajstić information content (AvgIpc) is 2.51. The lowest BCUT2D eigenvalue weighted by atomic mass is 10.1. The quantitative estimate of drug-likeness (QED) is 0.483. The molecule has 2 N–H and O–H groups in total. The second-order valence-electron chi connectivity index (χ2n) is 6.13. The van der Waals surface area contributed by atoms with E-state index in [-0.39, 0.29) is 11.2 Å². The number of hydrogen-bond donors (Lipinski definition) is 2. The third kappa shape index (κ3) is 8.42. The van der Waals surface area contributed by atoms with Gasteiger partial charge in [0.05, 0.1) is 16.2 Å². The van der Waals surface area contributed by atoms with Gasteiger partial charge in [0, 0.05) is 10.5 Å². The number of esters is 1. The molecule has 0 heterocycles. The Morgan fingerprint density at radius 3 is 2.04 bits per heavy atom. The second-order valence-corrected chi connectivity index (χ2v) is 10.0. The van der Waals surface area contributed by atoms with Crippen molar-refractivity contribution in [2.24, 2.45) is 0 Å². The van der Waals surface area contributed by atoms with Crippen LogP contribution >= 0.6 is 23.5 Å². The molecular formula is C18H28O4S2. The molecule has 0 radical (unpaired) electrons.